The molecule has 0 radical (unpaired) electrons. The Morgan fingerprint density at radius 1 is 1.54 bits per heavy atom. The molecule has 0 fully saturated rings. The first-order valence-corrected chi connectivity index (χ1v) is 4.44. The summed E-state index contributed by atoms with van der Waals surface area (Å²) in [5.74, 6) is 1.05. The second-order valence-electron chi connectivity index (χ2n) is 2.66. The molecular formula is C8H7BrN2O2. The van der Waals surface area contributed by atoms with Gasteiger partial charge in [-0.25, -0.2) is 0 Å². The van der Waals surface area contributed by atoms with E-state index in [9.17, 15) is 0 Å². The molecule has 68 valence electrons. The maximum Gasteiger partial charge on any atom is 0.175 e. The summed E-state index contributed by atoms with van der Waals surface area (Å²) in [6.45, 7) is 1.85. The van der Waals surface area contributed by atoms with Crippen LogP contribution in [0.15, 0.2) is 25.9 Å². The van der Waals surface area contributed by atoms with Crippen molar-refractivity contribution in [3.63, 3.8) is 0 Å². The lowest BCUT2D eigenvalue weighted by atomic mass is 10.2. The summed E-state index contributed by atoms with van der Waals surface area (Å²) in [7, 11) is 0. The van der Waals surface area contributed by atoms with Gasteiger partial charge in [-0.15, -0.1) is 0 Å². The standard InChI is InChI=1S/C8H7BrN2O2/c1-4-7(13-11-8(4)10)5-2-6(9)12-3-5/h2-3H,1H3,(H2,10,11). The highest BCUT2D eigenvalue weighted by molar-refractivity contribution is 9.10. The van der Waals surface area contributed by atoms with Gasteiger partial charge in [0.15, 0.2) is 16.2 Å². The van der Waals surface area contributed by atoms with Crippen LogP contribution in [0.1, 0.15) is 5.56 Å². The van der Waals surface area contributed by atoms with E-state index in [2.05, 4.69) is 21.1 Å². The van der Waals surface area contributed by atoms with E-state index in [1.165, 1.54) is 0 Å². The van der Waals surface area contributed by atoms with Crippen molar-refractivity contribution in [1.29, 1.82) is 0 Å². The normalized spacial score (nSPS) is 10.6. The third kappa shape index (κ3) is 1.35. The summed E-state index contributed by atoms with van der Waals surface area (Å²) in [5.41, 5.74) is 7.19. The zero-order chi connectivity index (χ0) is 9.42. The van der Waals surface area contributed by atoms with Crippen molar-refractivity contribution in [2.75, 3.05) is 5.73 Å². The van der Waals surface area contributed by atoms with Crippen molar-refractivity contribution in [3.8, 4) is 11.3 Å². The number of nitrogen functional groups attached to an aromatic ring is 1. The summed E-state index contributed by atoms with van der Waals surface area (Å²) in [4.78, 5) is 0. The van der Waals surface area contributed by atoms with Gasteiger partial charge < -0.3 is 14.7 Å². The Morgan fingerprint density at radius 2 is 2.31 bits per heavy atom. The predicted octanol–water partition coefficient (Wildman–Crippen LogP) is 2.59. The van der Waals surface area contributed by atoms with Crippen LogP contribution in [0.3, 0.4) is 0 Å². The van der Waals surface area contributed by atoms with Gasteiger partial charge in [-0.3, -0.25) is 0 Å². The molecule has 0 saturated heterocycles. The highest BCUT2D eigenvalue weighted by Crippen LogP contribution is 2.29. The number of halogens is 1. The lowest BCUT2D eigenvalue weighted by molar-refractivity contribution is 0.434. The summed E-state index contributed by atoms with van der Waals surface area (Å²) in [6, 6.07) is 1.80. The Balaban J connectivity index is 2.52. The van der Waals surface area contributed by atoms with Gasteiger partial charge in [-0.05, 0) is 22.9 Å². The molecule has 0 unspecified atom stereocenters. The maximum absolute atomic E-state index is 5.54. The van der Waals surface area contributed by atoms with Gasteiger partial charge in [0, 0.05) is 11.6 Å². The predicted molar refractivity (Wildman–Crippen MR) is 51.1 cm³/mol. The van der Waals surface area contributed by atoms with Crippen molar-refractivity contribution in [2.45, 2.75) is 6.92 Å². The number of rotatable bonds is 1. The van der Waals surface area contributed by atoms with Crippen molar-refractivity contribution in [3.05, 3.63) is 22.6 Å². The number of nitrogens with two attached hydrogens (primary N) is 1. The number of hydrogen-bond donors (Lipinski definition) is 1. The van der Waals surface area contributed by atoms with Crippen LogP contribution in [-0.4, -0.2) is 5.16 Å². The molecule has 2 rings (SSSR count). The van der Waals surface area contributed by atoms with E-state index in [4.69, 9.17) is 14.7 Å². The lowest BCUT2D eigenvalue weighted by Gasteiger charge is -1.88. The van der Waals surface area contributed by atoms with Gasteiger partial charge in [0.05, 0.1) is 5.56 Å². The monoisotopic (exact) mass is 242 g/mol. The Bertz CT molecular complexity index is 433. The Hall–Kier alpha value is -1.23. The van der Waals surface area contributed by atoms with Gasteiger partial charge >= 0.3 is 0 Å². The second kappa shape index (κ2) is 2.92. The molecule has 2 aromatic rings. The molecule has 0 aliphatic carbocycles. The molecule has 2 aromatic heterocycles. The van der Waals surface area contributed by atoms with E-state index in [1.807, 2.05) is 6.92 Å². The summed E-state index contributed by atoms with van der Waals surface area (Å²) < 4.78 is 10.8. The summed E-state index contributed by atoms with van der Waals surface area (Å²) in [5, 5.41) is 3.65. The largest absolute Gasteiger partial charge is 0.457 e. The van der Waals surface area contributed by atoms with Crippen LogP contribution < -0.4 is 5.73 Å². The maximum atomic E-state index is 5.54. The van der Waals surface area contributed by atoms with E-state index in [-0.39, 0.29) is 0 Å². The average Bonchev–Trinajstić information content (AvgIpc) is 2.62. The zero-order valence-electron chi connectivity index (χ0n) is 6.87. The molecule has 0 bridgehead atoms. The lowest BCUT2D eigenvalue weighted by Crippen LogP contribution is -1.85. The SMILES string of the molecule is Cc1c(N)noc1-c1coc(Br)c1. The minimum absolute atomic E-state index is 0.410. The Morgan fingerprint density at radius 3 is 2.77 bits per heavy atom. The van der Waals surface area contributed by atoms with Gasteiger partial charge in [0.2, 0.25) is 0 Å². The molecular weight excluding hydrogens is 236 g/mol. The van der Waals surface area contributed by atoms with Crippen LogP contribution in [0.4, 0.5) is 5.82 Å². The second-order valence-corrected chi connectivity index (χ2v) is 3.44. The van der Waals surface area contributed by atoms with Gasteiger partial charge in [-0.2, -0.15) is 0 Å². The quantitative estimate of drug-likeness (QED) is 0.835. The van der Waals surface area contributed by atoms with E-state index in [0.717, 1.165) is 11.1 Å². The highest BCUT2D eigenvalue weighted by Gasteiger charge is 2.13. The first-order chi connectivity index (χ1) is 6.18. The fourth-order valence-corrected chi connectivity index (χ4v) is 1.39. The Kier molecular flexibility index (Phi) is 1.88. The van der Waals surface area contributed by atoms with Crippen LogP contribution in [-0.2, 0) is 0 Å². The highest BCUT2D eigenvalue weighted by atomic mass is 79.9. The average molecular weight is 243 g/mol. The number of furan rings is 1. The van der Waals surface area contributed by atoms with Crippen molar-refractivity contribution in [1.82, 2.24) is 5.16 Å². The van der Waals surface area contributed by atoms with Crippen LogP contribution in [0.5, 0.6) is 0 Å². The molecule has 2 heterocycles. The molecule has 0 atom stereocenters. The van der Waals surface area contributed by atoms with Gasteiger partial charge in [-0.1, -0.05) is 5.16 Å². The molecule has 4 nitrogen and oxygen atoms in total. The molecule has 0 aliphatic rings. The minimum atomic E-state index is 0.410. The van der Waals surface area contributed by atoms with Gasteiger partial charge in [0.25, 0.3) is 0 Å². The van der Waals surface area contributed by atoms with E-state index in [0.29, 0.717) is 16.2 Å². The van der Waals surface area contributed by atoms with Crippen molar-refractivity contribution < 1.29 is 8.94 Å². The smallest absolute Gasteiger partial charge is 0.175 e. The number of aromatic nitrogens is 1. The number of anilines is 1. The molecule has 13 heavy (non-hydrogen) atoms. The van der Waals surface area contributed by atoms with E-state index < -0.39 is 0 Å². The van der Waals surface area contributed by atoms with Crippen LogP contribution in [0.2, 0.25) is 0 Å². The molecule has 0 saturated carbocycles. The van der Waals surface area contributed by atoms with E-state index >= 15 is 0 Å². The van der Waals surface area contributed by atoms with Crippen molar-refractivity contribution >= 4 is 21.7 Å². The zero-order valence-corrected chi connectivity index (χ0v) is 8.46. The summed E-state index contributed by atoms with van der Waals surface area (Å²) in [6.07, 6.45) is 1.58. The molecule has 2 N–H and O–H groups in total. The van der Waals surface area contributed by atoms with Crippen LogP contribution >= 0.6 is 15.9 Å². The molecule has 0 spiro atoms. The van der Waals surface area contributed by atoms with Crippen LogP contribution in [0, 0.1) is 6.92 Å². The van der Waals surface area contributed by atoms with Crippen LogP contribution in [0.25, 0.3) is 11.3 Å². The number of hydrogen-bond acceptors (Lipinski definition) is 4. The first kappa shape index (κ1) is 8.37. The summed E-state index contributed by atoms with van der Waals surface area (Å²) >= 11 is 3.20. The number of nitrogens with zero attached hydrogens (tertiary/aromatic N) is 1. The molecule has 5 heteroatoms. The first-order valence-electron chi connectivity index (χ1n) is 3.64. The molecule has 0 amide bonds. The van der Waals surface area contributed by atoms with Crippen molar-refractivity contribution in [2.24, 2.45) is 0 Å². The fourth-order valence-electron chi connectivity index (χ4n) is 1.05. The third-order valence-electron chi connectivity index (χ3n) is 1.79. The minimum Gasteiger partial charge on any atom is -0.457 e. The Labute approximate surface area is 82.8 Å². The third-order valence-corrected chi connectivity index (χ3v) is 2.21. The fraction of sp³-hybridized carbons (Fsp3) is 0.125. The van der Waals surface area contributed by atoms with Gasteiger partial charge in [0.1, 0.15) is 6.26 Å². The van der Waals surface area contributed by atoms with E-state index in [1.54, 1.807) is 12.3 Å². The molecule has 0 aliphatic heterocycles. The molecule has 0 aromatic carbocycles. The topological polar surface area (TPSA) is 65.2 Å².